The molecule has 4 rings (SSSR count). The highest BCUT2D eigenvalue weighted by atomic mass is 16.5. The number of ketones is 1. The Morgan fingerprint density at radius 3 is 2.47 bits per heavy atom. The minimum atomic E-state index is -1.29. The SMILES string of the molecule is COCCCCOC(=O)C1(C(=O)Nc2nc3ncc(CNc4ccc(C(C)=O)cc4)nc3c(=O)[nH]2)CCC1. The smallest absolute Gasteiger partial charge is 0.321 e. The number of nitrogens with zero attached hydrogens (tertiary/aromatic N) is 3. The number of rotatable bonds is 12. The van der Waals surface area contributed by atoms with Crippen LogP contribution in [0, 0.1) is 5.41 Å². The number of methoxy groups -OCH3 is 1. The lowest BCUT2D eigenvalue weighted by atomic mass is 9.68. The van der Waals surface area contributed by atoms with E-state index in [0.717, 1.165) is 18.5 Å². The number of unbranched alkanes of at least 4 members (excludes halogenated alkanes) is 1. The lowest BCUT2D eigenvalue weighted by Gasteiger charge is -2.37. The number of esters is 1. The molecule has 3 N–H and O–H groups in total. The number of aromatic nitrogens is 4. The predicted octanol–water partition coefficient (Wildman–Crippen LogP) is 2.61. The van der Waals surface area contributed by atoms with E-state index < -0.39 is 22.9 Å². The van der Waals surface area contributed by atoms with Gasteiger partial charge in [-0.15, -0.1) is 0 Å². The van der Waals surface area contributed by atoms with Crippen LogP contribution in [0.4, 0.5) is 11.6 Å². The first kappa shape index (κ1) is 26.9. The molecule has 0 aliphatic heterocycles. The van der Waals surface area contributed by atoms with Crippen molar-refractivity contribution >= 4 is 40.5 Å². The third-order valence-corrected chi connectivity index (χ3v) is 6.47. The summed E-state index contributed by atoms with van der Waals surface area (Å²) in [6.07, 6.45) is 4.31. The Morgan fingerprint density at radius 1 is 1.08 bits per heavy atom. The summed E-state index contributed by atoms with van der Waals surface area (Å²) < 4.78 is 10.3. The zero-order chi connectivity index (χ0) is 27.1. The van der Waals surface area contributed by atoms with Crippen LogP contribution in [-0.2, 0) is 25.6 Å². The third kappa shape index (κ3) is 6.02. The summed E-state index contributed by atoms with van der Waals surface area (Å²) in [7, 11) is 1.60. The maximum Gasteiger partial charge on any atom is 0.321 e. The number of aromatic amines is 1. The molecule has 0 atom stereocenters. The summed E-state index contributed by atoms with van der Waals surface area (Å²) >= 11 is 0. The zero-order valence-corrected chi connectivity index (χ0v) is 21.3. The maximum absolute atomic E-state index is 13.0. The van der Waals surface area contributed by atoms with E-state index in [-0.39, 0.29) is 36.0 Å². The molecule has 0 spiro atoms. The van der Waals surface area contributed by atoms with E-state index in [0.29, 0.717) is 37.1 Å². The van der Waals surface area contributed by atoms with E-state index >= 15 is 0 Å². The van der Waals surface area contributed by atoms with Crippen molar-refractivity contribution in [3.8, 4) is 0 Å². The van der Waals surface area contributed by atoms with E-state index in [4.69, 9.17) is 9.47 Å². The van der Waals surface area contributed by atoms with Gasteiger partial charge in [-0.1, -0.05) is 6.42 Å². The van der Waals surface area contributed by atoms with Crippen LogP contribution < -0.4 is 16.2 Å². The highest BCUT2D eigenvalue weighted by molar-refractivity contribution is 6.09. The number of carbonyl (C=O) groups excluding carboxylic acids is 3. The molecule has 38 heavy (non-hydrogen) atoms. The maximum atomic E-state index is 13.0. The molecule has 12 nitrogen and oxygen atoms in total. The summed E-state index contributed by atoms with van der Waals surface area (Å²) in [5.74, 6) is -1.28. The molecule has 3 aromatic rings. The molecule has 12 heteroatoms. The van der Waals surface area contributed by atoms with E-state index in [2.05, 4.69) is 30.6 Å². The summed E-state index contributed by atoms with van der Waals surface area (Å²) in [5.41, 5.74) is 0.0938. The number of ether oxygens (including phenoxy) is 2. The number of hydrogen-bond acceptors (Lipinski definition) is 10. The Labute approximate surface area is 218 Å². The highest BCUT2D eigenvalue weighted by Crippen LogP contribution is 2.43. The largest absolute Gasteiger partial charge is 0.465 e. The molecule has 1 aromatic carbocycles. The Hall–Kier alpha value is -4.19. The third-order valence-electron chi connectivity index (χ3n) is 6.47. The average molecular weight is 523 g/mol. The van der Waals surface area contributed by atoms with E-state index in [1.807, 2.05) is 0 Å². The van der Waals surface area contributed by atoms with Gasteiger partial charge < -0.3 is 14.8 Å². The molecule has 1 aliphatic rings. The Kier molecular flexibility index (Phi) is 8.41. The predicted molar refractivity (Wildman–Crippen MR) is 139 cm³/mol. The fourth-order valence-electron chi connectivity index (χ4n) is 4.05. The van der Waals surface area contributed by atoms with Crippen LogP contribution in [0.5, 0.6) is 0 Å². The standard InChI is InChI=1S/C26H30N6O6/c1-16(33)17-6-8-18(9-7-17)27-14-19-15-28-21-20(29-19)22(34)31-25(30-21)32-23(35)26(10-5-11-26)24(36)38-13-4-3-12-37-2/h6-9,15,27H,3-5,10-14H2,1-2H3,(H2,28,30,31,32,34,35). The number of fused-ring (bicyclic) bond motifs is 1. The summed E-state index contributed by atoms with van der Waals surface area (Å²) in [5, 5.41) is 5.71. The van der Waals surface area contributed by atoms with Crippen LogP contribution in [0.1, 0.15) is 55.1 Å². The van der Waals surface area contributed by atoms with Crippen LogP contribution in [0.3, 0.4) is 0 Å². The van der Waals surface area contributed by atoms with Crippen LogP contribution in [0.15, 0.2) is 35.3 Å². The fourth-order valence-corrected chi connectivity index (χ4v) is 4.05. The molecule has 200 valence electrons. The monoisotopic (exact) mass is 522 g/mol. The van der Waals surface area contributed by atoms with Gasteiger partial charge in [-0.05, 0) is 56.9 Å². The van der Waals surface area contributed by atoms with Gasteiger partial charge in [-0.25, -0.2) is 9.97 Å². The van der Waals surface area contributed by atoms with E-state index in [1.165, 1.54) is 13.1 Å². The van der Waals surface area contributed by atoms with E-state index in [1.54, 1.807) is 31.4 Å². The van der Waals surface area contributed by atoms with Gasteiger partial charge >= 0.3 is 5.97 Å². The fraction of sp³-hybridized carbons (Fsp3) is 0.423. The Balaban J connectivity index is 1.41. The lowest BCUT2D eigenvalue weighted by molar-refractivity contribution is -0.165. The Morgan fingerprint density at radius 2 is 1.82 bits per heavy atom. The molecule has 2 heterocycles. The number of hydrogen-bond donors (Lipinski definition) is 3. The zero-order valence-electron chi connectivity index (χ0n) is 21.3. The first-order valence-corrected chi connectivity index (χ1v) is 12.4. The molecule has 0 saturated heterocycles. The molecule has 1 amide bonds. The van der Waals surface area contributed by atoms with Crippen molar-refractivity contribution in [1.29, 1.82) is 0 Å². The molecule has 0 radical (unpaired) electrons. The number of Topliss-reactive ketones (excluding diaryl/α,β-unsaturated/α-hetero) is 1. The number of anilines is 2. The summed E-state index contributed by atoms with van der Waals surface area (Å²) in [6.45, 7) is 2.57. The number of nitrogens with one attached hydrogen (secondary N) is 3. The second kappa shape index (κ2) is 11.9. The topological polar surface area (TPSA) is 165 Å². The van der Waals surface area contributed by atoms with Crippen molar-refractivity contribution in [3.05, 3.63) is 52.1 Å². The second-order valence-electron chi connectivity index (χ2n) is 9.16. The highest BCUT2D eigenvalue weighted by Gasteiger charge is 2.52. The van der Waals surface area contributed by atoms with Crippen LogP contribution in [0.25, 0.3) is 11.2 Å². The summed E-state index contributed by atoms with van der Waals surface area (Å²) in [6, 6.07) is 7.00. The second-order valence-corrected chi connectivity index (χ2v) is 9.16. The normalized spacial score (nSPS) is 13.9. The van der Waals surface area contributed by atoms with Gasteiger partial charge in [0.1, 0.15) is 5.41 Å². The van der Waals surface area contributed by atoms with E-state index in [9.17, 15) is 19.2 Å². The van der Waals surface area contributed by atoms with Gasteiger partial charge in [0.15, 0.2) is 16.9 Å². The lowest BCUT2D eigenvalue weighted by Crippen LogP contribution is -2.49. The van der Waals surface area contributed by atoms with Gasteiger partial charge in [0.25, 0.3) is 5.56 Å². The number of carbonyl (C=O) groups is 3. The molecule has 1 saturated carbocycles. The van der Waals surface area contributed by atoms with Gasteiger partial charge in [0, 0.05) is 25.0 Å². The van der Waals surface area contributed by atoms with Gasteiger partial charge in [0.2, 0.25) is 11.9 Å². The van der Waals surface area contributed by atoms with Crippen molar-refractivity contribution in [1.82, 2.24) is 19.9 Å². The quantitative estimate of drug-likeness (QED) is 0.139. The first-order valence-electron chi connectivity index (χ1n) is 12.4. The summed E-state index contributed by atoms with van der Waals surface area (Å²) in [4.78, 5) is 65.1. The van der Waals surface area contributed by atoms with Gasteiger partial charge in [-0.3, -0.25) is 29.5 Å². The number of amides is 1. The minimum absolute atomic E-state index is 0.0167. The van der Waals surface area contributed by atoms with Crippen molar-refractivity contribution in [2.24, 2.45) is 5.41 Å². The van der Waals surface area contributed by atoms with Gasteiger partial charge in [-0.2, -0.15) is 4.98 Å². The minimum Gasteiger partial charge on any atom is -0.465 e. The van der Waals surface area contributed by atoms with Crippen LogP contribution >= 0.6 is 0 Å². The molecule has 2 aromatic heterocycles. The average Bonchev–Trinajstić information content (AvgIpc) is 2.87. The molecule has 1 aliphatic carbocycles. The van der Waals surface area contributed by atoms with Crippen molar-refractivity contribution in [2.45, 2.75) is 45.6 Å². The first-order chi connectivity index (χ1) is 18.3. The molecular weight excluding hydrogens is 492 g/mol. The van der Waals surface area contributed by atoms with Crippen LogP contribution in [-0.4, -0.2) is 57.9 Å². The Bertz CT molecular complexity index is 1380. The molecular formula is C26H30N6O6. The van der Waals surface area contributed by atoms with Crippen molar-refractivity contribution in [3.63, 3.8) is 0 Å². The molecule has 0 unspecified atom stereocenters. The van der Waals surface area contributed by atoms with Crippen molar-refractivity contribution in [2.75, 3.05) is 31.0 Å². The van der Waals surface area contributed by atoms with Gasteiger partial charge in [0.05, 0.1) is 25.0 Å². The molecule has 0 bridgehead atoms. The number of benzene rings is 1. The molecule has 1 fully saturated rings. The van der Waals surface area contributed by atoms with Crippen LogP contribution in [0.2, 0.25) is 0 Å². The van der Waals surface area contributed by atoms with Crippen molar-refractivity contribution < 1.29 is 23.9 Å². The number of H-pyrrole nitrogens is 1.